The first-order valence-electron chi connectivity index (χ1n) is 7.19. The first-order valence-corrected chi connectivity index (χ1v) is 7.99. The van der Waals surface area contributed by atoms with E-state index in [0.29, 0.717) is 0 Å². The Bertz CT molecular complexity index is 510. The number of anilines is 1. The van der Waals surface area contributed by atoms with Crippen molar-refractivity contribution in [3.63, 3.8) is 0 Å². The van der Waals surface area contributed by atoms with Gasteiger partial charge in [0.25, 0.3) is 0 Å². The lowest BCUT2D eigenvalue weighted by Crippen LogP contribution is -2.28. The Morgan fingerprint density at radius 2 is 1.85 bits per heavy atom. The summed E-state index contributed by atoms with van der Waals surface area (Å²) in [6.45, 7) is 2.30. The molecule has 1 aromatic rings. The third-order valence-electron chi connectivity index (χ3n) is 4.04. The highest BCUT2D eigenvalue weighted by Gasteiger charge is 2.30. The molecule has 0 saturated heterocycles. The van der Waals surface area contributed by atoms with Crippen LogP contribution in [0.1, 0.15) is 31.2 Å². The van der Waals surface area contributed by atoms with Gasteiger partial charge in [-0.15, -0.1) is 0 Å². The Balaban J connectivity index is 1.81. The number of nitrogens with two attached hydrogens (primary N) is 1. The molecular weight excluding hydrogens is 318 g/mol. The molecule has 3 rings (SSSR count). The van der Waals surface area contributed by atoms with Crippen LogP contribution in [0, 0.1) is 11.8 Å². The number of rotatable bonds is 6. The summed E-state index contributed by atoms with van der Waals surface area (Å²) in [4.78, 5) is 2.50. The number of amidine groups is 1. The van der Waals surface area contributed by atoms with Crippen molar-refractivity contribution in [1.82, 2.24) is 0 Å². The van der Waals surface area contributed by atoms with E-state index in [1.807, 2.05) is 12.1 Å². The van der Waals surface area contributed by atoms with Gasteiger partial charge < -0.3 is 15.8 Å². The number of nitrogens with zero attached hydrogens (tertiary/aromatic N) is 2. The monoisotopic (exact) mass is 337 g/mol. The fourth-order valence-corrected chi connectivity index (χ4v) is 3.11. The molecule has 0 aromatic heterocycles. The smallest absolute Gasteiger partial charge is 0.170 e. The first kappa shape index (κ1) is 13.7. The van der Waals surface area contributed by atoms with E-state index in [1.165, 1.54) is 31.4 Å². The molecule has 4 nitrogen and oxygen atoms in total. The van der Waals surface area contributed by atoms with Crippen LogP contribution in [0.15, 0.2) is 27.8 Å². The molecule has 0 unspecified atom stereocenters. The lowest BCUT2D eigenvalue weighted by atomic mass is 10.1. The highest BCUT2D eigenvalue weighted by Crippen LogP contribution is 2.38. The zero-order valence-electron chi connectivity index (χ0n) is 11.4. The van der Waals surface area contributed by atoms with Gasteiger partial charge in [-0.3, -0.25) is 0 Å². The first-order chi connectivity index (χ1) is 9.67. The molecule has 0 amide bonds. The van der Waals surface area contributed by atoms with Crippen molar-refractivity contribution < 1.29 is 5.21 Å². The maximum atomic E-state index is 8.75. The number of benzene rings is 1. The van der Waals surface area contributed by atoms with Crippen LogP contribution in [0.25, 0.3) is 0 Å². The quantitative estimate of drug-likeness (QED) is 0.362. The molecular formula is C15H20BrN3O. The van der Waals surface area contributed by atoms with E-state index >= 15 is 0 Å². The van der Waals surface area contributed by atoms with Crippen molar-refractivity contribution in [3.8, 4) is 0 Å². The molecule has 108 valence electrons. The SMILES string of the molecule is N/C(=N/O)c1ccc(N(CC2CC2)CC2CC2)c(Br)c1. The molecule has 0 spiro atoms. The fraction of sp³-hybridized carbons (Fsp3) is 0.533. The molecule has 1 aromatic carbocycles. The summed E-state index contributed by atoms with van der Waals surface area (Å²) in [5, 5.41) is 11.8. The molecule has 2 fully saturated rings. The third-order valence-corrected chi connectivity index (χ3v) is 4.68. The minimum Gasteiger partial charge on any atom is -0.409 e. The second-order valence-electron chi connectivity index (χ2n) is 5.94. The van der Waals surface area contributed by atoms with Crippen LogP contribution in [-0.2, 0) is 0 Å². The second kappa shape index (κ2) is 5.64. The molecule has 0 radical (unpaired) electrons. The van der Waals surface area contributed by atoms with Gasteiger partial charge in [0, 0.05) is 23.1 Å². The highest BCUT2D eigenvalue weighted by molar-refractivity contribution is 9.10. The molecule has 0 bridgehead atoms. The van der Waals surface area contributed by atoms with Crippen LogP contribution in [0.4, 0.5) is 5.69 Å². The fourth-order valence-electron chi connectivity index (χ4n) is 2.48. The normalized spacial score (nSPS) is 19.1. The second-order valence-corrected chi connectivity index (χ2v) is 6.80. The van der Waals surface area contributed by atoms with Gasteiger partial charge in [0.05, 0.1) is 5.69 Å². The summed E-state index contributed by atoms with van der Waals surface area (Å²) < 4.78 is 1.02. The van der Waals surface area contributed by atoms with Crippen LogP contribution in [0.3, 0.4) is 0 Å². The van der Waals surface area contributed by atoms with Crippen LogP contribution >= 0.6 is 15.9 Å². The Morgan fingerprint density at radius 3 is 2.30 bits per heavy atom. The van der Waals surface area contributed by atoms with Gasteiger partial charge >= 0.3 is 0 Å². The topological polar surface area (TPSA) is 61.9 Å². The number of oxime groups is 1. The van der Waals surface area contributed by atoms with Crippen molar-refractivity contribution in [2.75, 3.05) is 18.0 Å². The van der Waals surface area contributed by atoms with Gasteiger partial charge in [-0.2, -0.15) is 0 Å². The zero-order valence-corrected chi connectivity index (χ0v) is 13.0. The van der Waals surface area contributed by atoms with Gasteiger partial charge in [0.1, 0.15) is 0 Å². The van der Waals surface area contributed by atoms with E-state index in [9.17, 15) is 0 Å². The molecule has 5 heteroatoms. The van der Waals surface area contributed by atoms with Gasteiger partial charge in [-0.25, -0.2) is 0 Å². The Labute approximate surface area is 127 Å². The minimum atomic E-state index is 0.146. The van der Waals surface area contributed by atoms with Crippen LogP contribution in [0.5, 0.6) is 0 Å². The van der Waals surface area contributed by atoms with Gasteiger partial charge in [-0.05, 0) is 71.6 Å². The summed E-state index contributed by atoms with van der Waals surface area (Å²) in [5.41, 5.74) is 7.59. The molecule has 20 heavy (non-hydrogen) atoms. The predicted molar refractivity (Wildman–Crippen MR) is 84.3 cm³/mol. The van der Waals surface area contributed by atoms with Gasteiger partial charge in [-0.1, -0.05) is 5.16 Å². The number of hydrogen-bond acceptors (Lipinski definition) is 3. The maximum absolute atomic E-state index is 8.75. The van der Waals surface area contributed by atoms with Crippen LogP contribution in [-0.4, -0.2) is 24.1 Å². The van der Waals surface area contributed by atoms with Crippen LogP contribution in [0.2, 0.25) is 0 Å². The Kier molecular flexibility index (Phi) is 3.87. The molecule has 2 saturated carbocycles. The van der Waals surface area contributed by atoms with Crippen molar-refractivity contribution >= 4 is 27.5 Å². The summed E-state index contributed by atoms with van der Waals surface area (Å²) >= 11 is 3.63. The van der Waals surface area contributed by atoms with E-state index in [1.54, 1.807) is 0 Å². The molecule has 3 N–H and O–H groups in total. The third kappa shape index (κ3) is 3.26. The van der Waals surface area contributed by atoms with Gasteiger partial charge in [0.15, 0.2) is 5.84 Å². The van der Waals surface area contributed by atoms with E-state index in [4.69, 9.17) is 10.9 Å². The lowest BCUT2D eigenvalue weighted by molar-refractivity contribution is 0.318. The van der Waals surface area contributed by atoms with E-state index < -0.39 is 0 Å². The minimum absolute atomic E-state index is 0.146. The van der Waals surface area contributed by atoms with Crippen molar-refractivity contribution in [2.24, 2.45) is 22.7 Å². The number of hydrogen-bond donors (Lipinski definition) is 2. The molecule has 0 atom stereocenters. The van der Waals surface area contributed by atoms with Crippen molar-refractivity contribution in [3.05, 3.63) is 28.2 Å². The van der Waals surface area contributed by atoms with Crippen molar-refractivity contribution in [2.45, 2.75) is 25.7 Å². The van der Waals surface area contributed by atoms with E-state index in [-0.39, 0.29) is 5.84 Å². The molecule has 2 aliphatic carbocycles. The predicted octanol–water partition coefficient (Wildman–Crippen LogP) is 3.17. The lowest BCUT2D eigenvalue weighted by Gasteiger charge is -2.26. The largest absolute Gasteiger partial charge is 0.409 e. The zero-order chi connectivity index (χ0) is 14.1. The summed E-state index contributed by atoms with van der Waals surface area (Å²) in [6.07, 6.45) is 5.45. The molecule has 2 aliphatic rings. The van der Waals surface area contributed by atoms with Crippen molar-refractivity contribution in [1.29, 1.82) is 0 Å². The van der Waals surface area contributed by atoms with E-state index in [2.05, 4.69) is 32.1 Å². The average molecular weight is 338 g/mol. The van der Waals surface area contributed by atoms with E-state index in [0.717, 1.165) is 35.0 Å². The maximum Gasteiger partial charge on any atom is 0.170 e. The Hall–Kier alpha value is -1.23. The molecule has 0 aliphatic heterocycles. The van der Waals surface area contributed by atoms with Gasteiger partial charge in [0.2, 0.25) is 0 Å². The number of halogens is 1. The highest BCUT2D eigenvalue weighted by atomic mass is 79.9. The summed E-state index contributed by atoms with van der Waals surface area (Å²) in [7, 11) is 0. The average Bonchev–Trinajstić information content (AvgIpc) is 3.32. The summed E-state index contributed by atoms with van der Waals surface area (Å²) in [6, 6.07) is 5.92. The van der Waals surface area contributed by atoms with Crippen LogP contribution < -0.4 is 10.6 Å². The summed E-state index contributed by atoms with van der Waals surface area (Å²) in [5.74, 6) is 1.88. The standard InChI is InChI=1S/C15H20BrN3O/c16-13-7-12(15(17)18-20)5-6-14(13)19(8-10-1-2-10)9-11-3-4-11/h5-7,10-11,20H,1-4,8-9H2,(H2,17,18). The Morgan fingerprint density at radius 1 is 1.25 bits per heavy atom. The molecule has 0 heterocycles.